The van der Waals surface area contributed by atoms with Gasteiger partial charge in [0.1, 0.15) is 6.54 Å². The summed E-state index contributed by atoms with van der Waals surface area (Å²) in [4.78, 5) is 24.3. The maximum atomic E-state index is 11.9. The zero-order valence-electron chi connectivity index (χ0n) is 10.5. The number of carbonyl (C=O) groups is 2. The maximum Gasteiger partial charge on any atom is 0.325 e. The van der Waals surface area contributed by atoms with Gasteiger partial charge in [-0.05, 0) is 25.1 Å². The van der Waals surface area contributed by atoms with Gasteiger partial charge in [0.15, 0.2) is 0 Å². The first-order valence-electron chi connectivity index (χ1n) is 5.55. The predicted octanol–water partition coefficient (Wildman–Crippen LogP) is 1.30. The standard InChI is InChI=1S/C12H17N3O3/c1-3-15(8-11(16)18-2)12(17)14-10-6-4-5-9(13)7-10/h4-7H,3,8,13H2,1-2H3,(H,14,17). The highest BCUT2D eigenvalue weighted by molar-refractivity contribution is 5.91. The van der Waals surface area contributed by atoms with Gasteiger partial charge in [-0.3, -0.25) is 4.79 Å². The Morgan fingerprint density at radius 3 is 2.72 bits per heavy atom. The van der Waals surface area contributed by atoms with Gasteiger partial charge in [0.25, 0.3) is 0 Å². The van der Waals surface area contributed by atoms with E-state index in [-0.39, 0.29) is 12.6 Å². The van der Waals surface area contributed by atoms with Crippen molar-refractivity contribution in [3.63, 3.8) is 0 Å². The third-order valence-electron chi connectivity index (χ3n) is 2.35. The molecule has 0 bridgehead atoms. The first-order valence-corrected chi connectivity index (χ1v) is 5.55. The number of amides is 2. The number of methoxy groups -OCH3 is 1. The number of nitrogen functional groups attached to an aromatic ring is 1. The van der Waals surface area contributed by atoms with E-state index in [0.29, 0.717) is 17.9 Å². The van der Waals surface area contributed by atoms with Gasteiger partial charge in [-0.25, -0.2) is 4.79 Å². The SMILES string of the molecule is CCN(CC(=O)OC)C(=O)Nc1cccc(N)c1. The van der Waals surface area contributed by atoms with Crippen LogP contribution in [0, 0.1) is 0 Å². The molecule has 0 aliphatic carbocycles. The van der Waals surface area contributed by atoms with E-state index in [4.69, 9.17) is 5.73 Å². The molecule has 0 unspecified atom stereocenters. The zero-order valence-corrected chi connectivity index (χ0v) is 10.5. The number of carbonyl (C=O) groups excluding carboxylic acids is 2. The Labute approximate surface area is 106 Å². The summed E-state index contributed by atoms with van der Waals surface area (Å²) in [7, 11) is 1.28. The zero-order chi connectivity index (χ0) is 13.5. The lowest BCUT2D eigenvalue weighted by Gasteiger charge is -2.20. The molecule has 2 amide bonds. The Morgan fingerprint density at radius 1 is 1.44 bits per heavy atom. The van der Waals surface area contributed by atoms with Crippen LogP contribution in [0.25, 0.3) is 0 Å². The number of hydrogen-bond donors (Lipinski definition) is 2. The summed E-state index contributed by atoms with van der Waals surface area (Å²) in [5.74, 6) is -0.459. The summed E-state index contributed by atoms with van der Waals surface area (Å²) in [6, 6.07) is 6.46. The predicted molar refractivity (Wildman–Crippen MR) is 69.1 cm³/mol. The molecule has 0 aliphatic heterocycles. The van der Waals surface area contributed by atoms with E-state index in [0.717, 1.165) is 0 Å². The van der Waals surface area contributed by atoms with Crippen LogP contribution < -0.4 is 11.1 Å². The van der Waals surface area contributed by atoms with Gasteiger partial charge < -0.3 is 20.7 Å². The van der Waals surface area contributed by atoms with Crippen LogP contribution in [0.2, 0.25) is 0 Å². The van der Waals surface area contributed by atoms with Crippen molar-refractivity contribution in [3.8, 4) is 0 Å². The van der Waals surface area contributed by atoms with Crippen molar-refractivity contribution in [1.29, 1.82) is 0 Å². The first kappa shape index (κ1) is 13.8. The van der Waals surface area contributed by atoms with Crippen LogP contribution in [-0.2, 0) is 9.53 Å². The fourth-order valence-corrected chi connectivity index (χ4v) is 1.37. The lowest BCUT2D eigenvalue weighted by Crippen LogP contribution is -2.38. The van der Waals surface area contributed by atoms with E-state index in [1.165, 1.54) is 12.0 Å². The Hall–Kier alpha value is -2.24. The summed E-state index contributed by atoms with van der Waals surface area (Å²) < 4.78 is 4.52. The lowest BCUT2D eigenvalue weighted by molar-refractivity contribution is -0.141. The second-order valence-corrected chi connectivity index (χ2v) is 3.65. The minimum absolute atomic E-state index is 0.0822. The normalized spacial score (nSPS) is 9.67. The molecule has 18 heavy (non-hydrogen) atoms. The molecule has 0 atom stereocenters. The Kier molecular flexibility index (Phi) is 4.98. The Bertz CT molecular complexity index is 434. The molecule has 3 N–H and O–H groups in total. The van der Waals surface area contributed by atoms with E-state index < -0.39 is 5.97 Å². The molecule has 0 saturated carbocycles. The highest BCUT2D eigenvalue weighted by Gasteiger charge is 2.15. The summed E-state index contributed by atoms with van der Waals surface area (Å²) in [5.41, 5.74) is 6.75. The fraction of sp³-hybridized carbons (Fsp3) is 0.333. The summed E-state index contributed by atoms with van der Waals surface area (Å²) >= 11 is 0. The quantitative estimate of drug-likeness (QED) is 0.624. The molecule has 0 aliphatic rings. The van der Waals surface area contributed by atoms with Crippen LogP contribution in [0.1, 0.15) is 6.92 Å². The summed E-state index contributed by atoms with van der Waals surface area (Å²) in [5, 5.41) is 2.66. The Balaban J connectivity index is 2.65. The average Bonchev–Trinajstić information content (AvgIpc) is 2.35. The van der Waals surface area contributed by atoms with Crippen molar-refractivity contribution in [1.82, 2.24) is 4.90 Å². The molecule has 0 heterocycles. The maximum absolute atomic E-state index is 11.9. The van der Waals surface area contributed by atoms with E-state index in [9.17, 15) is 9.59 Å². The highest BCUT2D eigenvalue weighted by atomic mass is 16.5. The van der Waals surface area contributed by atoms with E-state index in [1.54, 1.807) is 31.2 Å². The van der Waals surface area contributed by atoms with Crippen LogP contribution in [0.5, 0.6) is 0 Å². The largest absolute Gasteiger partial charge is 0.468 e. The number of ether oxygens (including phenoxy) is 1. The molecule has 6 heteroatoms. The first-order chi connectivity index (χ1) is 8.56. The van der Waals surface area contributed by atoms with Crippen LogP contribution in [0.15, 0.2) is 24.3 Å². The fourth-order valence-electron chi connectivity index (χ4n) is 1.37. The monoisotopic (exact) mass is 251 g/mol. The Morgan fingerprint density at radius 2 is 2.17 bits per heavy atom. The smallest absolute Gasteiger partial charge is 0.325 e. The number of likely N-dealkylation sites (N-methyl/N-ethyl adjacent to an activating group) is 1. The van der Waals surface area contributed by atoms with Gasteiger partial charge in [-0.15, -0.1) is 0 Å². The number of rotatable bonds is 4. The van der Waals surface area contributed by atoms with Crippen molar-refractivity contribution in [3.05, 3.63) is 24.3 Å². The van der Waals surface area contributed by atoms with Crippen LogP contribution in [0.3, 0.4) is 0 Å². The highest BCUT2D eigenvalue weighted by Crippen LogP contribution is 2.12. The molecule has 0 saturated heterocycles. The van der Waals surface area contributed by atoms with Crippen LogP contribution in [-0.4, -0.2) is 37.1 Å². The molecule has 1 aromatic rings. The number of hydrogen-bond acceptors (Lipinski definition) is 4. The molecule has 1 rings (SSSR count). The number of benzene rings is 1. The number of esters is 1. The molecule has 0 spiro atoms. The third kappa shape index (κ3) is 3.97. The molecule has 98 valence electrons. The molecule has 0 aromatic heterocycles. The second kappa shape index (κ2) is 6.48. The number of nitrogens with two attached hydrogens (primary N) is 1. The lowest BCUT2D eigenvalue weighted by atomic mass is 10.3. The summed E-state index contributed by atoms with van der Waals surface area (Å²) in [6.45, 7) is 2.10. The van der Waals surface area contributed by atoms with Gasteiger partial charge in [0.2, 0.25) is 0 Å². The molecule has 0 radical (unpaired) electrons. The van der Waals surface area contributed by atoms with Crippen LogP contribution >= 0.6 is 0 Å². The minimum atomic E-state index is -0.459. The number of urea groups is 1. The van der Waals surface area contributed by atoms with Crippen molar-refractivity contribution < 1.29 is 14.3 Å². The number of nitrogens with one attached hydrogen (secondary N) is 1. The van der Waals surface area contributed by atoms with E-state index in [1.807, 2.05) is 0 Å². The second-order valence-electron chi connectivity index (χ2n) is 3.65. The molecule has 0 fully saturated rings. The number of anilines is 2. The van der Waals surface area contributed by atoms with Gasteiger partial charge in [0, 0.05) is 17.9 Å². The van der Waals surface area contributed by atoms with Gasteiger partial charge in [-0.2, -0.15) is 0 Å². The van der Waals surface area contributed by atoms with Crippen LogP contribution in [0.4, 0.5) is 16.2 Å². The topological polar surface area (TPSA) is 84.7 Å². The minimum Gasteiger partial charge on any atom is -0.468 e. The molecule has 6 nitrogen and oxygen atoms in total. The molecular weight excluding hydrogens is 234 g/mol. The van der Waals surface area contributed by atoms with Crippen molar-refractivity contribution in [2.75, 3.05) is 31.2 Å². The average molecular weight is 251 g/mol. The summed E-state index contributed by atoms with van der Waals surface area (Å²) in [6.07, 6.45) is 0. The van der Waals surface area contributed by atoms with Crippen molar-refractivity contribution in [2.24, 2.45) is 0 Å². The molecule has 1 aromatic carbocycles. The van der Waals surface area contributed by atoms with Gasteiger partial charge >= 0.3 is 12.0 Å². The molecular formula is C12H17N3O3. The van der Waals surface area contributed by atoms with Gasteiger partial charge in [-0.1, -0.05) is 6.07 Å². The van der Waals surface area contributed by atoms with E-state index >= 15 is 0 Å². The third-order valence-corrected chi connectivity index (χ3v) is 2.35. The number of nitrogens with zero attached hydrogens (tertiary/aromatic N) is 1. The van der Waals surface area contributed by atoms with Crippen molar-refractivity contribution >= 4 is 23.4 Å². The van der Waals surface area contributed by atoms with E-state index in [2.05, 4.69) is 10.1 Å². The van der Waals surface area contributed by atoms with Gasteiger partial charge in [0.05, 0.1) is 7.11 Å². The van der Waals surface area contributed by atoms with Crippen molar-refractivity contribution in [2.45, 2.75) is 6.92 Å².